The molecule has 0 atom stereocenters. The maximum absolute atomic E-state index is 11.8. The van der Waals surface area contributed by atoms with Crippen molar-refractivity contribution in [3.63, 3.8) is 0 Å². The van der Waals surface area contributed by atoms with Crippen LogP contribution in [0.1, 0.15) is 23.1 Å². The van der Waals surface area contributed by atoms with Gasteiger partial charge >= 0.3 is 11.9 Å². The molecule has 0 aliphatic heterocycles. The fourth-order valence-corrected chi connectivity index (χ4v) is 5.45. The van der Waals surface area contributed by atoms with Gasteiger partial charge in [-0.25, -0.2) is 0 Å². The summed E-state index contributed by atoms with van der Waals surface area (Å²) in [6, 6.07) is 4.27. The van der Waals surface area contributed by atoms with Crippen LogP contribution in [0.15, 0.2) is 12.1 Å². The van der Waals surface area contributed by atoms with E-state index in [1.54, 1.807) is 0 Å². The van der Waals surface area contributed by atoms with E-state index in [0.29, 0.717) is 0 Å². The van der Waals surface area contributed by atoms with Gasteiger partial charge in [-0.1, -0.05) is 37.0 Å². The highest BCUT2D eigenvalue weighted by Gasteiger charge is 2.25. The molecule has 1 rings (SSSR count). The molecule has 0 aliphatic rings. The molecule has 0 bridgehead atoms. The standard InChI is InChI=1S/C20H34N2O4Si/c1-21(2)12-16-9-15(14-26-19(24)11-18(23)25-5)10-17(13-22(3)4)20(16)27(6,7)8/h9-10H,11-14H2,1-8H3. The van der Waals surface area contributed by atoms with Crippen LogP contribution in [-0.4, -0.2) is 65.1 Å². The van der Waals surface area contributed by atoms with E-state index in [2.05, 4.69) is 74.5 Å². The van der Waals surface area contributed by atoms with Gasteiger partial charge in [0.2, 0.25) is 0 Å². The van der Waals surface area contributed by atoms with Gasteiger partial charge in [-0.05, 0) is 44.9 Å². The molecule has 0 radical (unpaired) electrons. The fourth-order valence-electron chi connectivity index (χ4n) is 3.22. The van der Waals surface area contributed by atoms with Crippen LogP contribution in [0, 0.1) is 0 Å². The van der Waals surface area contributed by atoms with Crippen molar-refractivity contribution in [1.82, 2.24) is 9.80 Å². The summed E-state index contributed by atoms with van der Waals surface area (Å²) in [5.74, 6) is -1.16. The Labute approximate surface area is 164 Å². The summed E-state index contributed by atoms with van der Waals surface area (Å²) in [5.41, 5.74) is 3.53. The quantitative estimate of drug-likeness (QED) is 0.363. The number of ether oxygens (including phenoxy) is 2. The summed E-state index contributed by atoms with van der Waals surface area (Å²) in [6.45, 7) is 8.90. The maximum Gasteiger partial charge on any atom is 0.317 e. The summed E-state index contributed by atoms with van der Waals surface area (Å²) < 4.78 is 9.80. The lowest BCUT2D eigenvalue weighted by Gasteiger charge is -2.28. The van der Waals surface area contributed by atoms with E-state index >= 15 is 0 Å². The maximum atomic E-state index is 11.8. The lowest BCUT2D eigenvalue weighted by atomic mass is 10.0. The molecule has 1 aromatic rings. The predicted molar refractivity (Wildman–Crippen MR) is 111 cm³/mol. The predicted octanol–water partition coefficient (Wildman–Crippen LogP) is 1.96. The van der Waals surface area contributed by atoms with Gasteiger partial charge in [-0.3, -0.25) is 9.59 Å². The van der Waals surface area contributed by atoms with Gasteiger partial charge in [0.25, 0.3) is 0 Å². The van der Waals surface area contributed by atoms with Crippen LogP contribution in [0.5, 0.6) is 0 Å². The normalized spacial score (nSPS) is 11.8. The Bertz CT molecular complexity index is 635. The summed E-state index contributed by atoms with van der Waals surface area (Å²) in [7, 11) is 7.92. The Morgan fingerprint density at radius 2 is 1.41 bits per heavy atom. The molecule has 0 aromatic heterocycles. The Morgan fingerprint density at radius 3 is 1.78 bits per heavy atom. The molecule has 0 aliphatic carbocycles. The topological polar surface area (TPSA) is 59.1 Å². The summed E-state index contributed by atoms with van der Waals surface area (Å²) in [6.07, 6.45) is -0.363. The molecule has 27 heavy (non-hydrogen) atoms. The second kappa shape index (κ2) is 10.0. The zero-order chi connectivity index (χ0) is 20.8. The van der Waals surface area contributed by atoms with Crippen LogP contribution in [-0.2, 0) is 38.8 Å². The number of nitrogens with zero attached hydrogens (tertiary/aromatic N) is 2. The summed E-state index contributed by atoms with van der Waals surface area (Å²) in [4.78, 5) is 27.3. The molecule has 0 spiro atoms. The van der Waals surface area contributed by atoms with Gasteiger partial charge in [0, 0.05) is 13.1 Å². The van der Waals surface area contributed by atoms with Gasteiger partial charge in [-0.15, -0.1) is 0 Å². The SMILES string of the molecule is COC(=O)CC(=O)OCc1cc(CN(C)C)c([Si](C)(C)C)c(CN(C)C)c1. The first-order chi connectivity index (χ1) is 12.4. The number of hydrogen-bond donors (Lipinski definition) is 0. The minimum Gasteiger partial charge on any atom is -0.469 e. The van der Waals surface area contributed by atoms with Crippen molar-refractivity contribution >= 4 is 25.2 Å². The molecular weight excluding hydrogens is 360 g/mol. The third kappa shape index (κ3) is 7.82. The molecule has 0 saturated heterocycles. The monoisotopic (exact) mass is 394 g/mol. The molecule has 0 heterocycles. The molecule has 0 unspecified atom stereocenters. The average Bonchev–Trinajstić information content (AvgIpc) is 2.50. The number of hydrogen-bond acceptors (Lipinski definition) is 6. The van der Waals surface area contributed by atoms with E-state index in [4.69, 9.17) is 4.74 Å². The van der Waals surface area contributed by atoms with Gasteiger partial charge in [-0.2, -0.15) is 0 Å². The van der Waals surface area contributed by atoms with Crippen LogP contribution in [0.25, 0.3) is 0 Å². The Morgan fingerprint density at radius 1 is 0.926 bits per heavy atom. The van der Waals surface area contributed by atoms with Crippen molar-refractivity contribution in [1.29, 1.82) is 0 Å². The number of benzene rings is 1. The van der Waals surface area contributed by atoms with Gasteiger partial charge in [0.15, 0.2) is 0 Å². The summed E-state index contributed by atoms with van der Waals surface area (Å²) in [5, 5.41) is 1.47. The van der Waals surface area contributed by atoms with E-state index in [1.807, 2.05) is 0 Å². The highest BCUT2D eigenvalue weighted by molar-refractivity contribution is 6.89. The lowest BCUT2D eigenvalue weighted by Crippen LogP contribution is -2.44. The molecule has 7 heteroatoms. The van der Waals surface area contributed by atoms with Crippen LogP contribution in [0.2, 0.25) is 19.6 Å². The number of esters is 2. The Balaban J connectivity index is 3.21. The van der Waals surface area contributed by atoms with Crippen molar-refractivity contribution in [2.24, 2.45) is 0 Å². The molecule has 0 saturated carbocycles. The number of carbonyl (C=O) groups is 2. The Hall–Kier alpha value is -1.70. The van der Waals surface area contributed by atoms with E-state index in [1.165, 1.54) is 23.4 Å². The van der Waals surface area contributed by atoms with Crippen molar-refractivity contribution in [2.45, 2.75) is 45.8 Å². The molecule has 1 aromatic carbocycles. The third-order valence-corrected chi connectivity index (χ3v) is 6.14. The molecule has 0 N–H and O–H groups in total. The van der Waals surface area contributed by atoms with Crippen molar-refractivity contribution < 1.29 is 19.1 Å². The minimum atomic E-state index is -1.57. The first-order valence-corrected chi connectivity index (χ1v) is 12.6. The van der Waals surface area contributed by atoms with Gasteiger partial charge < -0.3 is 19.3 Å². The number of rotatable bonds is 9. The Kier molecular flexibility index (Phi) is 8.65. The summed E-state index contributed by atoms with van der Waals surface area (Å²) >= 11 is 0. The minimum absolute atomic E-state index is 0.155. The molecule has 0 fully saturated rings. The largest absolute Gasteiger partial charge is 0.469 e. The van der Waals surface area contributed by atoms with Gasteiger partial charge in [0.05, 0.1) is 15.2 Å². The van der Waals surface area contributed by atoms with Crippen LogP contribution >= 0.6 is 0 Å². The van der Waals surface area contributed by atoms with E-state index < -0.39 is 20.0 Å². The zero-order valence-electron chi connectivity index (χ0n) is 18.0. The average molecular weight is 395 g/mol. The lowest BCUT2D eigenvalue weighted by molar-refractivity contribution is -0.153. The first-order valence-electron chi connectivity index (χ1n) is 9.11. The fraction of sp³-hybridized carbons (Fsp3) is 0.600. The zero-order valence-corrected chi connectivity index (χ0v) is 19.0. The number of methoxy groups -OCH3 is 1. The smallest absolute Gasteiger partial charge is 0.317 e. The highest BCUT2D eigenvalue weighted by atomic mass is 28.3. The second-order valence-corrected chi connectivity index (χ2v) is 13.4. The highest BCUT2D eigenvalue weighted by Crippen LogP contribution is 2.18. The van der Waals surface area contributed by atoms with Crippen LogP contribution in [0.4, 0.5) is 0 Å². The van der Waals surface area contributed by atoms with E-state index in [9.17, 15) is 9.59 Å². The third-order valence-electron chi connectivity index (χ3n) is 4.00. The van der Waals surface area contributed by atoms with Crippen molar-refractivity contribution in [3.05, 3.63) is 28.8 Å². The van der Waals surface area contributed by atoms with Crippen molar-refractivity contribution in [2.75, 3.05) is 35.3 Å². The molecular formula is C20H34N2O4Si. The number of carbonyl (C=O) groups excluding carboxylic acids is 2. The first kappa shape index (κ1) is 23.3. The second-order valence-electron chi connectivity index (χ2n) is 8.43. The molecule has 0 amide bonds. The van der Waals surface area contributed by atoms with Gasteiger partial charge in [0.1, 0.15) is 13.0 Å². The van der Waals surface area contributed by atoms with E-state index in [-0.39, 0.29) is 13.0 Å². The molecule has 152 valence electrons. The molecule has 6 nitrogen and oxygen atoms in total. The van der Waals surface area contributed by atoms with Crippen LogP contribution < -0.4 is 5.19 Å². The van der Waals surface area contributed by atoms with Crippen molar-refractivity contribution in [3.8, 4) is 0 Å². The van der Waals surface area contributed by atoms with E-state index in [0.717, 1.165) is 18.7 Å². The van der Waals surface area contributed by atoms with Crippen LogP contribution in [0.3, 0.4) is 0 Å².